The average Bonchev–Trinajstić information content (AvgIpc) is 2.83. The van der Waals surface area contributed by atoms with E-state index in [4.69, 9.17) is 0 Å². The fourth-order valence-corrected chi connectivity index (χ4v) is 2.90. The van der Waals surface area contributed by atoms with Crippen LogP contribution in [0.3, 0.4) is 0 Å². The molecule has 2 N–H and O–H groups in total. The monoisotopic (exact) mass is 252 g/mol. The van der Waals surface area contributed by atoms with Crippen molar-refractivity contribution >= 4 is 17.2 Å². The van der Waals surface area contributed by atoms with E-state index in [1.807, 2.05) is 6.92 Å². The number of hydrogen-bond acceptors (Lipinski definition) is 3. The summed E-state index contributed by atoms with van der Waals surface area (Å²) >= 11 is 1.70. The molecule has 1 aliphatic rings. The molecule has 1 amide bonds. The van der Waals surface area contributed by atoms with E-state index in [0.717, 1.165) is 32.4 Å². The smallest absolute Gasteiger partial charge is 0.240 e. The van der Waals surface area contributed by atoms with Gasteiger partial charge in [-0.05, 0) is 61.5 Å². The number of carbonyl (C=O) groups is 1. The zero-order valence-electron chi connectivity index (χ0n) is 10.3. The van der Waals surface area contributed by atoms with Crippen LogP contribution in [0.25, 0.3) is 0 Å². The van der Waals surface area contributed by atoms with Crippen LogP contribution >= 0.6 is 11.3 Å². The average molecular weight is 252 g/mol. The van der Waals surface area contributed by atoms with E-state index in [2.05, 4.69) is 27.5 Å². The molecule has 0 saturated carbocycles. The van der Waals surface area contributed by atoms with Gasteiger partial charge in [0.05, 0.1) is 5.54 Å². The number of nitrogens with one attached hydrogen (secondary N) is 2. The summed E-state index contributed by atoms with van der Waals surface area (Å²) in [4.78, 5) is 12.1. The highest BCUT2D eigenvalue weighted by molar-refractivity contribution is 7.07. The molecule has 17 heavy (non-hydrogen) atoms. The molecule has 4 heteroatoms. The summed E-state index contributed by atoms with van der Waals surface area (Å²) in [5.41, 5.74) is 0.949. The molecule has 1 fully saturated rings. The molecule has 1 aliphatic heterocycles. The van der Waals surface area contributed by atoms with Crippen molar-refractivity contribution in [3.8, 4) is 0 Å². The molecule has 0 bridgehead atoms. The molecule has 0 spiro atoms. The Kier molecular flexibility index (Phi) is 4.18. The van der Waals surface area contributed by atoms with Gasteiger partial charge in [0.1, 0.15) is 0 Å². The van der Waals surface area contributed by atoms with Gasteiger partial charge >= 0.3 is 0 Å². The molecule has 1 aromatic rings. The third kappa shape index (κ3) is 3.30. The van der Waals surface area contributed by atoms with E-state index in [1.54, 1.807) is 11.3 Å². The van der Waals surface area contributed by atoms with Gasteiger partial charge in [0.2, 0.25) is 5.91 Å². The number of hydrogen-bond donors (Lipinski definition) is 2. The van der Waals surface area contributed by atoms with E-state index in [1.165, 1.54) is 12.0 Å². The summed E-state index contributed by atoms with van der Waals surface area (Å²) in [5.74, 6) is 0.146. The van der Waals surface area contributed by atoms with Crippen LogP contribution in [0, 0.1) is 0 Å². The number of amides is 1. The fraction of sp³-hybridized carbons (Fsp3) is 0.615. The van der Waals surface area contributed by atoms with Crippen molar-refractivity contribution in [3.05, 3.63) is 22.4 Å². The number of piperidine rings is 1. The molecule has 94 valence electrons. The third-order valence-electron chi connectivity index (χ3n) is 3.40. The van der Waals surface area contributed by atoms with E-state index in [9.17, 15) is 4.79 Å². The first-order valence-electron chi connectivity index (χ1n) is 6.25. The zero-order chi connectivity index (χ0) is 12.1. The predicted molar refractivity (Wildman–Crippen MR) is 71.3 cm³/mol. The lowest BCUT2D eigenvalue weighted by Crippen LogP contribution is -2.57. The molecule has 0 aromatic carbocycles. The lowest BCUT2D eigenvalue weighted by molar-refractivity contribution is -0.127. The minimum Gasteiger partial charge on any atom is -0.354 e. The van der Waals surface area contributed by atoms with Gasteiger partial charge in [-0.3, -0.25) is 4.79 Å². The predicted octanol–water partition coefficient (Wildman–Crippen LogP) is 1.94. The second kappa shape index (κ2) is 5.65. The molecular weight excluding hydrogens is 232 g/mol. The topological polar surface area (TPSA) is 41.1 Å². The first-order chi connectivity index (χ1) is 8.21. The van der Waals surface area contributed by atoms with E-state index in [0.29, 0.717) is 0 Å². The maximum absolute atomic E-state index is 12.1. The molecule has 1 atom stereocenters. The van der Waals surface area contributed by atoms with Gasteiger partial charge in [0.25, 0.3) is 0 Å². The Hall–Kier alpha value is -0.870. The molecule has 1 saturated heterocycles. The summed E-state index contributed by atoms with van der Waals surface area (Å²) in [5, 5.41) is 10.6. The summed E-state index contributed by atoms with van der Waals surface area (Å²) in [7, 11) is 0. The lowest BCUT2D eigenvalue weighted by Gasteiger charge is -2.33. The van der Waals surface area contributed by atoms with Crippen LogP contribution < -0.4 is 10.6 Å². The zero-order valence-corrected chi connectivity index (χ0v) is 11.1. The Balaban J connectivity index is 1.76. The van der Waals surface area contributed by atoms with Gasteiger partial charge in [-0.1, -0.05) is 0 Å². The summed E-state index contributed by atoms with van der Waals surface area (Å²) < 4.78 is 0. The van der Waals surface area contributed by atoms with E-state index in [-0.39, 0.29) is 11.4 Å². The van der Waals surface area contributed by atoms with Gasteiger partial charge in [0, 0.05) is 6.54 Å². The third-order valence-corrected chi connectivity index (χ3v) is 4.13. The molecule has 2 rings (SSSR count). The fourth-order valence-electron chi connectivity index (χ4n) is 2.20. The second-order valence-electron chi connectivity index (χ2n) is 4.85. The summed E-state index contributed by atoms with van der Waals surface area (Å²) in [6.45, 7) is 3.69. The van der Waals surface area contributed by atoms with Crippen molar-refractivity contribution in [3.63, 3.8) is 0 Å². The highest BCUT2D eigenvalue weighted by Gasteiger charge is 2.33. The van der Waals surface area contributed by atoms with Gasteiger partial charge in [-0.2, -0.15) is 11.3 Å². The normalized spacial score (nSPS) is 24.5. The molecule has 2 heterocycles. The Morgan fingerprint density at radius 2 is 2.47 bits per heavy atom. The summed E-state index contributed by atoms with van der Waals surface area (Å²) in [6.07, 6.45) is 4.18. The van der Waals surface area contributed by atoms with Gasteiger partial charge in [-0.15, -0.1) is 0 Å². The number of rotatable bonds is 4. The summed E-state index contributed by atoms with van der Waals surface area (Å²) in [6, 6.07) is 2.11. The van der Waals surface area contributed by atoms with Crippen LogP contribution in [0.2, 0.25) is 0 Å². The Bertz CT molecular complexity index is 356. The van der Waals surface area contributed by atoms with Crippen molar-refractivity contribution in [1.29, 1.82) is 0 Å². The maximum atomic E-state index is 12.1. The minimum absolute atomic E-state index is 0.146. The first kappa shape index (κ1) is 12.6. The van der Waals surface area contributed by atoms with E-state index >= 15 is 0 Å². The largest absolute Gasteiger partial charge is 0.354 e. The Labute approximate surface area is 107 Å². The molecular formula is C13H20N2OS. The van der Waals surface area contributed by atoms with Crippen LogP contribution in [-0.2, 0) is 11.2 Å². The molecule has 0 radical (unpaired) electrons. The second-order valence-corrected chi connectivity index (χ2v) is 5.63. The molecule has 0 aliphatic carbocycles. The van der Waals surface area contributed by atoms with Crippen LogP contribution in [0.1, 0.15) is 31.7 Å². The molecule has 1 unspecified atom stereocenters. The van der Waals surface area contributed by atoms with Crippen molar-refractivity contribution in [2.45, 2.75) is 38.1 Å². The van der Waals surface area contributed by atoms with Crippen molar-refractivity contribution < 1.29 is 4.79 Å². The van der Waals surface area contributed by atoms with Crippen molar-refractivity contribution in [2.24, 2.45) is 0 Å². The highest BCUT2D eigenvalue weighted by Crippen LogP contribution is 2.18. The van der Waals surface area contributed by atoms with Crippen LogP contribution in [-0.4, -0.2) is 24.5 Å². The minimum atomic E-state index is -0.354. The van der Waals surface area contributed by atoms with Crippen LogP contribution in [0.15, 0.2) is 16.8 Å². The Morgan fingerprint density at radius 1 is 1.59 bits per heavy atom. The van der Waals surface area contributed by atoms with Gasteiger partial charge in [-0.25, -0.2) is 0 Å². The molecule has 1 aromatic heterocycles. The number of carbonyl (C=O) groups excluding carboxylic acids is 1. The van der Waals surface area contributed by atoms with E-state index < -0.39 is 0 Å². The molecule has 3 nitrogen and oxygen atoms in total. The maximum Gasteiger partial charge on any atom is 0.240 e. The van der Waals surface area contributed by atoms with Crippen LogP contribution in [0.5, 0.6) is 0 Å². The SMILES string of the molecule is CC1(C(=O)NCCc2ccsc2)CCCCN1. The first-order valence-corrected chi connectivity index (χ1v) is 7.19. The van der Waals surface area contributed by atoms with Gasteiger partial charge < -0.3 is 10.6 Å². The standard InChI is InChI=1S/C13H20N2OS/c1-13(6-2-3-7-15-13)12(16)14-8-4-11-5-9-17-10-11/h5,9-10,15H,2-4,6-8H2,1H3,(H,14,16). The van der Waals surface area contributed by atoms with Crippen LogP contribution in [0.4, 0.5) is 0 Å². The Morgan fingerprint density at radius 3 is 3.12 bits per heavy atom. The number of thiophene rings is 1. The van der Waals surface area contributed by atoms with Crippen molar-refractivity contribution in [2.75, 3.05) is 13.1 Å². The quantitative estimate of drug-likeness (QED) is 0.860. The van der Waals surface area contributed by atoms with Gasteiger partial charge in [0.15, 0.2) is 0 Å². The van der Waals surface area contributed by atoms with Crippen molar-refractivity contribution in [1.82, 2.24) is 10.6 Å². The lowest BCUT2D eigenvalue weighted by atomic mass is 9.90. The highest BCUT2D eigenvalue weighted by atomic mass is 32.1.